The first-order valence-electron chi connectivity index (χ1n) is 8.74. The van der Waals surface area contributed by atoms with E-state index >= 15 is 0 Å². The lowest BCUT2D eigenvalue weighted by Gasteiger charge is -2.24. The second-order valence-electron chi connectivity index (χ2n) is 6.69. The van der Waals surface area contributed by atoms with Crippen LogP contribution in [0.25, 0.3) is 0 Å². The van der Waals surface area contributed by atoms with Crippen molar-refractivity contribution in [1.82, 2.24) is 9.21 Å². The molecule has 0 N–H and O–H groups in total. The number of rotatable bonds is 5. The third-order valence-corrected chi connectivity index (χ3v) is 6.59. The molecule has 1 aromatic carbocycles. The number of amides is 1. The van der Waals surface area contributed by atoms with Crippen molar-refractivity contribution in [3.8, 4) is 5.75 Å². The molecule has 1 heterocycles. The zero-order valence-electron chi connectivity index (χ0n) is 15.5. The van der Waals surface area contributed by atoms with Crippen LogP contribution < -0.4 is 4.74 Å². The van der Waals surface area contributed by atoms with Gasteiger partial charge in [-0.2, -0.15) is 4.31 Å². The van der Waals surface area contributed by atoms with Crippen LogP contribution in [0.15, 0.2) is 23.1 Å². The molecule has 0 saturated carbocycles. The quantitative estimate of drug-likeness (QED) is 0.801. The van der Waals surface area contributed by atoms with E-state index in [-0.39, 0.29) is 22.4 Å². The predicted molar refractivity (Wildman–Crippen MR) is 97.5 cm³/mol. The molecule has 1 aromatic rings. The number of carbonyl (C=O) groups excluding carboxylic acids is 1. The molecule has 0 spiro atoms. The Morgan fingerprint density at radius 1 is 1.16 bits per heavy atom. The molecular formula is C18H28N2O4S. The van der Waals surface area contributed by atoms with Crippen LogP contribution in [0.3, 0.4) is 0 Å². The number of methoxy groups -OCH3 is 1. The van der Waals surface area contributed by atoms with Crippen molar-refractivity contribution in [3.05, 3.63) is 23.8 Å². The van der Waals surface area contributed by atoms with Crippen LogP contribution in [-0.2, 0) is 10.0 Å². The summed E-state index contributed by atoms with van der Waals surface area (Å²) in [5.41, 5.74) is 0.273. The highest BCUT2D eigenvalue weighted by atomic mass is 32.2. The van der Waals surface area contributed by atoms with E-state index in [1.54, 1.807) is 18.0 Å². The van der Waals surface area contributed by atoms with Gasteiger partial charge in [0.1, 0.15) is 5.75 Å². The van der Waals surface area contributed by atoms with E-state index in [1.807, 2.05) is 13.8 Å². The van der Waals surface area contributed by atoms with Crippen molar-refractivity contribution >= 4 is 15.9 Å². The fraction of sp³-hybridized carbons (Fsp3) is 0.611. The summed E-state index contributed by atoms with van der Waals surface area (Å²) in [4.78, 5) is 14.4. The second-order valence-corrected chi connectivity index (χ2v) is 8.63. The molecule has 1 amide bonds. The number of ether oxygens (including phenoxy) is 1. The fourth-order valence-corrected chi connectivity index (χ4v) is 4.41. The Hall–Kier alpha value is -1.60. The standard InChI is InChI=1S/C18H28N2O4S/c1-14(2)19(3)18(21)16-13-15(9-10-17(16)24-4)25(22,23)20-11-7-5-6-8-12-20/h9-10,13-14H,5-8,11-12H2,1-4H3. The average Bonchev–Trinajstić information content (AvgIpc) is 2.89. The molecule has 0 atom stereocenters. The van der Waals surface area contributed by atoms with Gasteiger partial charge in [-0.3, -0.25) is 4.79 Å². The molecule has 0 aromatic heterocycles. The highest BCUT2D eigenvalue weighted by molar-refractivity contribution is 7.89. The van der Waals surface area contributed by atoms with E-state index in [1.165, 1.54) is 23.5 Å². The Kier molecular flexibility index (Phi) is 6.46. The van der Waals surface area contributed by atoms with Gasteiger partial charge in [0.15, 0.2) is 0 Å². The molecule has 1 saturated heterocycles. The van der Waals surface area contributed by atoms with E-state index in [9.17, 15) is 13.2 Å². The summed E-state index contributed by atoms with van der Waals surface area (Å²) in [6.07, 6.45) is 3.85. The van der Waals surface area contributed by atoms with Crippen LogP contribution in [-0.4, -0.2) is 56.8 Å². The van der Waals surface area contributed by atoms with Gasteiger partial charge >= 0.3 is 0 Å². The summed E-state index contributed by atoms with van der Waals surface area (Å²) in [5, 5.41) is 0. The Morgan fingerprint density at radius 2 is 1.76 bits per heavy atom. The van der Waals surface area contributed by atoms with Crippen LogP contribution in [0, 0.1) is 0 Å². The van der Waals surface area contributed by atoms with Crippen LogP contribution in [0.5, 0.6) is 5.75 Å². The molecule has 140 valence electrons. The third-order valence-electron chi connectivity index (χ3n) is 4.70. The Labute approximate surface area is 150 Å². The van der Waals surface area contributed by atoms with Gasteiger partial charge in [0, 0.05) is 26.2 Å². The molecule has 0 unspecified atom stereocenters. The van der Waals surface area contributed by atoms with Crippen LogP contribution in [0.2, 0.25) is 0 Å². The minimum atomic E-state index is -3.61. The largest absolute Gasteiger partial charge is 0.496 e. The van der Waals surface area contributed by atoms with Crippen LogP contribution in [0.1, 0.15) is 49.9 Å². The normalized spacial score (nSPS) is 16.5. The van der Waals surface area contributed by atoms with Gasteiger partial charge in [-0.1, -0.05) is 12.8 Å². The predicted octanol–water partition coefficient (Wildman–Crippen LogP) is 2.74. The highest BCUT2D eigenvalue weighted by Crippen LogP contribution is 2.27. The fourth-order valence-electron chi connectivity index (χ4n) is 2.87. The molecule has 1 aliphatic heterocycles. The van der Waals surface area contributed by atoms with Gasteiger partial charge < -0.3 is 9.64 Å². The zero-order valence-corrected chi connectivity index (χ0v) is 16.3. The number of sulfonamides is 1. The molecule has 0 bridgehead atoms. The van der Waals surface area contributed by atoms with Crippen LogP contribution >= 0.6 is 0 Å². The lowest BCUT2D eigenvalue weighted by atomic mass is 10.1. The third kappa shape index (κ3) is 4.33. The average molecular weight is 368 g/mol. The van der Waals surface area contributed by atoms with E-state index in [0.717, 1.165) is 25.7 Å². The first-order valence-corrected chi connectivity index (χ1v) is 10.2. The van der Waals surface area contributed by atoms with Crippen molar-refractivity contribution in [3.63, 3.8) is 0 Å². The van der Waals surface area contributed by atoms with Crippen molar-refractivity contribution in [2.45, 2.75) is 50.5 Å². The lowest BCUT2D eigenvalue weighted by Crippen LogP contribution is -2.34. The summed E-state index contributed by atoms with van der Waals surface area (Å²) in [6, 6.07) is 4.53. The number of hydrogen-bond donors (Lipinski definition) is 0. The molecule has 7 heteroatoms. The summed E-state index contributed by atoms with van der Waals surface area (Å²) < 4.78 is 32.8. The Morgan fingerprint density at radius 3 is 2.28 bits per heavy atom. The van der Waals surface area contributed by atoms with Crippen LogP contribution in [0.4, 0.5) is 0 Å². The Balaban J connectivity index is 2.42. The maximum atomic E-state index is 13.0. The lowest BCUT2D eigenvalue weighted by molar-refractivity contribution is 0.0751. The summed E-state index contributed by atoms with van der Waals surface area (Å²) in [6.45, 7) is 4.87. The molecule has 0 aliphatic carbocycles. The topological polar surface area (TPSA) is 66.9 Å². The van der Waals surface area contributed by atoms with E-state index in [2.05, 4.69) is 0 Å². The van der Waals surface area contributed by atoms with Gasteiger partial charge in [0.2, 0.25) is 10.0 Å². The van der Waals surface area contributed by atoms with Gasteiger partial charge in [-0.15, -0.1) is 0 Å². The highest BCUT2D eigenvalue weighted by Gasteiger charge is 2.28. The monoisotopic (exact) mass is 368 g/mol. The zero-order chi connectivity index (χ0) is 18.6. The summed E-state index contributed by atoms with van der Waals surface area (Å²) in [7, 11) is -0.432. The smallest absolute Gasteiger partial charge is 0.257 e. The maximum absolute atomic E-state index is 13.0. The van der Waals surface area contributed by atoms with Crippen molar-refractivity contribution in [2.75, 3.05) is 27.2 Å². The van der Waals surface area contributed by atoms with Crippen molar-refractivity contribution in [1.29, 1.82) is 0 Å². The minimum absolute atomic E-state index is 0.00285. The van der Waals surface area contributed by atoms with Gasteiger partial charge in [0.25, 0.3) is 5.91 Å². The summed E-state index contributed by atoms with van der Waals surface area (Å²) in [5.74, 6) is 0.132. The van der Waals surface area contributed by atoms with Gasteiger partial charge in [-0.05, 0) is 44.9 Å². The molecule has 2 rings (SSSR count). The Bertz CT molecular complexity index is 708. The maximum Gasteiger partial charge on any atom is 0.257 e. The first-order chi connectivity index (χ1) is 11.8. The number of carbonyl (C=O) groups is 1. The van der Waals surface area contributed by atoms with Gasteiger partial charge in [-0.25, -0.2) is 8.42 Å². The molecule has 6 nitrogen and oxygen atoms in total. The van der Waals surface area contributed by atoms with E-state index in [0.29, 0.717) is 18.8 Å². The molecular weight excluding hydrogens is 340 g/mol. The first kappa shape index (κ1) is 19.7. The number of nitrogens with zero attached hydrogens (tertiary/aromatic N) is 2. The van der Waals surface area contributed by atoms with E-state index < -0.39 is 10.0 Å². The van der Waals surface area contributed by atoms with Gasteiger partial charge in [0.05, 0.1) is 17.6 Å². The minimum Gasteiger partial charge on any atom is -0.496 e. The summed E-state index contributed by atoms with van der Waals surface area (Å²) >= 11 is 0. The number of benzene rings is 1. The molecule has 0 radical (unpaired) electrons. The SMILES string of the molecule is COc1ccc(S(=O)(=O)N2CCCCCC2)cc1C(=O)N(C)C(C)C. The second kappa shape index (κ2) is 8.19. The van der Waals surface area contributed by atoms with E-state index in [4.69, 9.17) is 4.74 Å². The molecule has 25 heavy (non-hydrogen) atoms. The van der Waals surface area contributed by atoms with Crippen molar-refractivity contribution < 1.29 is 17.9 Å². The number of hydrogen-bond acceptors (Lipinski definition) is 4. The van der Waals surface area contributed by atoms with Crippen molar-refractivity contribution in [2.24, 2.45) is 0 Å². The molecule has 1 fully saturated rings. The molecule has 1 aliphatic rings.